The van der Waals surface area contributed by atoms with Crippen molar-refractivity contribution in [3.63, 3.8) is 0 Å². The number of nitrogens with two attached hydrogens (primary N) is 1. The Hall–Kier alpha value is -1.06. The topological polar surface area (TPSA) is 49.5 Å². The number of rotatable bonds is 7. The minimum atomic E-state index is 0.257. The van der Waals surface area contributed by atoms with Crippen LogP contribution >= 0.6 is 0 Å². The predicted molar refractivity (Wildman–Crippen MR) is 72.1 cm³/mol. The number of phenols is 1. The normalized spacial score (nSPS) is 12.9. The average Bonchev–Trinajstić information content (AvgIpc) is 2.36. The summed E-state index contributed by atoms with van der Waals surface area (Å²) in [5, 5.41) is 9.30. The number of aromatic hydroxyl groups is 1. The molecule has 0 aliphatic heterocycles. The van der Waals surface area contributed by atoms with E-state index in [0.717, 1.165) is 13.1 Å². The largest absolute Gasteiger partial charge is 0.508 e. The van der Waals surface area contributed by atoms with Crippen molar-refractivity contribution in [2.45, 2.75) is 32.7 Å². The Kier molecular flexibility index (Phi) is 6.01. The molecule has 0 fully saturated rings. The van der Waals surface area contributed by atoms with Crippen LogP contribution < -0.4 is 5.73 Å². The summed E-state index contributed by atoms with van der Waals surface area (Å²) >= 11 is 0. The molecule has 1 atom stereocenters. The van der Waals surface area contributed by atoms with E-state index in [2.05, 4.69) is 18.7 Å². The number of hydrogen-bond donors (Lipinski definition) is 2. The van der Waals surface area contributed by atoms with Gasteiger partial charge in [-0.15, -0.1) is 0 Å². The maximum Gasteiger partial charge on any atom is 0.115 e. The molecular formula is C14H24N2O. The van der Waals surface area contributed by atoms with Crippen molar-refractivity contribution in [3.8, 4) is 5.75 Å². The highest BCUT2D eigenvalue weighted by Gasteiger charge is 2.16. The van der Waals surface area contributed by atoms with Crippen molar-refractivity contribution in [2.24, 2.45) is 5.73 Å². The Bertz CT molecular complexity index is 311. The standard InChI is InChI=1S/C14H24N2O/c1-3-5-10-16(4-2)14(11-15)12-6-8-13(17)9-7-12/h6-9,14,17H,3-5,10-11,15H2,1-2H3. The fourth-order valence-corrected chi connectivity index (χ4v) is 2.09. The second kappa shape index (κ2) is 7.30. The molecule has 0 radical (unpaired) electrons. The molecule has 0 aliphatic rings. The molecule has 1 rings (SSSR count). The molecule has 0 heterocycles. The van der Waals surface area contributed by atoms with Gasteiger partial charge in [-0.2, -0.15) is 0 Å². The maximum atomic E-state index is 9.30. The molecule has 1 aromatic carbocycles. The number of benzene rings is 1. The highest BCUT2D eigenvalue weighted by atomic mass is 16.3. The fourth-order valence-electron chi connectivity index (χ4n) is 2.09. The lowest BCUT2D eigenvalue weighted by Crippen LogP contribution is -2.34. The van der Waals surface area contributed by atoms with Crippen molar-refractivity contribution in [1.29, 1.82) is 0 Å². The van der Waals surface area contributed by atoms with E-state index in [4.69, 9.17) is 5.73 Å². The summed E-state index contributed by atoms with van der Waals surface area (Å²) in [6.07, 6.45) is 2.39. The van der Waals surface area contributed by atoms with Crippen molar-refractivity contribution in [2.75, 3.05) is 19.6 Å². The predicted octanol–water partition coefficient (Wildman–Crippen LogP) is 2.51. The third-order valence-electron chi connectivity index (χ3n) is 3.15. The van der Waals surface area contributed by atoms with Crippen LogP contribution in [0.2, 0.25) is 0 Å². The number of unbranched alkanes of at least 4 members (excludes halogenated alkanes) is 1. The third kappa shape index (κ3) is 4.02. The lowest BCUT2D eigenvalue weighted by atomic mass is 10.0. The molecular weight excluding hydrogens is 212 g/mol. The fraction of sp³-hybridized carbons (Fsp3) is 0.571. The van der Waals surface area contributed by atoms with Crippen LogP contribution in [0.25, 0.3) is 0 Å². The summed E-state index contributed by atoms with van der Waals surface area (Å²) in [6.45, 7) is 7.06. The Morgan fingerprint density at radius 3 is 2.35 bits per heavy atom. The summed E-state index contributed by atoms with van der Waals surface area (Å²) in [5.41, 5.74) is 7.07. The minimum Gasteiger partial charge on any atom is -0.508 e. The van der Waals surface area contributed by atoms with Crippen molar-refractivity contribution in [3.05, 3.63) is 29.8 Å². The van der Waals surface area contributed by atoms with Gasteiger partial charge in [0.15, 0.2) is 0 Å². The van der Waals surface area contributed by atoms with Crippen LogP contribution in [-0.2, 0) is 0 Å². The first-order valence-corrected chi connectivity index (χ1v) is 6.46. The molecule has 17 heavy (non-hydrogen) atoms. The third-order valence-corrected chi connectivity index (χ3v) is 3.15. The van der Waals surface area contributed by atoms with Gasteiger partial charge in [0.2, 0.25) is 0 Å². The van der Waals surface area contributed by atoms with Gasteiger partial charge >= 0.3 is 0 Å². The van der Waals surface area contributed by atoms with Crippen LogP contribution in [0.15, 0.2) is 24.3 Å². The minimum absolute atomic E-state index is 0.257. The van der Waals surface area contributed by atoms with Gasteiger partial charge < -0.3 is 10.8 Å². The summed E-state index contributed by atoms with van der Waals surface area (Å²) in [6, 6.07) is 7.63. The van der Waals surface area contributed by atoms with Crippen LogP contribution in [0.3, 0.4) is 0 Å². The molecule has 0 aromatic heterocycles. The van der Waals surface area contributed by atoms with Crippen LogP contribution in [0.1, 0.15) is 38.3 Å². The van der Waals surface area contributed by atoms with Crippen LogP contribution in [0.4, 0.5) is 0 Å². The molecule has 1 aromatic rings. The molecule has 0 amide bonds. The highest BCUT2D eigenvalue weighted by Crippen LogP contribution is 2.22. The zero-order valence-corrected chi connectivity index (χ0v) is 10.9. The van der Waals surface area contributed by atoms with Crippen molar-refractivity contribution in [1.82, 2.24) is 4.90 Å². The van der Waals surface area contributed by atoms with Gasteiger partial charge in [-0.3, -0.25) is 4.90 Å². The first kappa shape index (κ1) is 14.0. The number of phenolic OH excluding ortho intramolecular Hbond substituents is 1. The molecule has 0 spiro atoms. The van der Waals surface area contributed by atoms with Gasteiger partial charge in [0.1, 0.15) is 5.75 Å². The first-order valence-electron chi connectivity index (χ1n) is 6.46. The molecule has 3 heteroatoms. The highest BCUT2D eigenvalue weighted by molar-refractivity contribution is 5.28. The second-order valence-electron chi connectivity index (χ2n) is 4.33. The summed E-state index contributed by atoms with van der Waals surface area (Å²) < 4.78 is 0. The lowest BCUT2D eigenvalue weighted by molar-refractivity contribution is 0.209. The molecule has 1 unspecified atom stereocenters. The molecule has 96 valence electrons. The summed E-state index contributed by atoms with van der Waals surface area (Å²) in [5.74, 6) is 0.307. The Labute approximate surface area is 104 Å². The van der Waals surface area contributed by atoms with Gasteiger partial charge in [0.05, 0.1) is 0 Å². The van der Waals surface area contributed by atoms with Gasteiger partial charge in [-0.05, 0) is 37.2 Å². The molecule has 0 saturated heterocycles. The SMILES string of the molecule is CCCCN(CC)C(CN)c1ccc(O)cc1. The first-order chi connectivity index (χ1) is 8.22. The maximum absolute atomic E-state index is 9.30. The van der Waals surface area contributed by atoms with Gasteiger partial charge in [0, 0.05) is 12.6 Å². The lowest BCUT2D eigenvalue weighted by Gasteiger charge is -2.30. The van der Waals surface area contributed by atoms with E-state index in [-0.39, 0.29) is 6.04 Å². The molecule has 0 bridgehead atoms. The Balaban J connectivity index is 2.77. The van der Waals surface area contributed by atoms with Crippen molar-refractivity contribution < 1.29 is 5.11 Å². The monoisotopic (exact) mass is 236 g/mol. The van der Waals surface area contributed by atoms with E-state index in [0.29, 0.717) is 12.3 Å². The quantitative estimate of drug-likeness (QED) is 0.765. The van der Waals surface area contributed by atoms with E-state index in [9.17, 15) is 5.11 Å². The summed E-state index contributed by atoms with van der Waals surface area (Å²) in [4.78, 5) is 2.40. The number of hydrogen-bond acceptors (Lipinski definition) is 3. The van der Waals surface area contributed by atoms with E-state index >= 15 is 0 Å². The Morgan fingerprint density at radius 1 is 1.24 bits per heavy atom. The van der Waals surface area contributed by atoms with Gasteiger partial charge in [-0.25, -0.2) is 0 Å². The number of likely N-dealkylation sites (N-methyl/N-ethyl adjacent to an activating group) is 1. The Morgan fingerprint density at radius 2 is 1.88 bits per heavy atom. The van der Waals surface area contributed by atoms with Crippen LogP contribution in [-0.4, -0.2) is 29.6 Å². The zero-order valence-electron chi connectivity index (χ0n) is 10.9. The molecule has 0 aliphatic carbocycles. The van der Waals surface area contributed by atoms with Crippen LogP contribution in [0.5, 0.6) is 5.75 Å². The van der Waals surface area contributed by atoms with Crippen LogP contribution in [0, 0.1) is 0 Å². The smallest absolute Gasteiger partial charge is 0.115 e. The van der Waals surface area contributed by atoms with Crippen molar-refractivity contribution >= 4 is 0 Å². The van der Waals surface area contributed by atoms with Gasteiger partial charge in [-0.1, -0.05) is 32.4 Å². The van der Waals surface area contributed by atoms with Gasteiger partial charge in [0.25, 0.3) is 0 Å². The van der Waals surface area contributed by atoms with E-state index in [1.807, 2.05) is 12.1 Å². The average molecular weight is 236 g/mol. The number of nitrogens with zero attached hydrogens (tertiary/aromatic N) is 1. The second-order valence-corrected chi connectivity index (χ2v) is 4.33. The van der Waals surface area contributed by atoms with E-state index < -0.39 is 0 Å². The zero-order chi connectivity index (χ0) is 12.7. The molecule has 3 N–H and O–H groups in total. The molecule has 3 nitrogen and oxygen atoms in total. The molecule has 0 saturated carbocycles. The van der Waals surface area contributed by atoms with E-state index in [1.165, 1.54) is 18.4 Å². The summed E-state index contributed by atoms with van der Waals surface area (Å²) in [7, 11) is 0. The van der Waals surface area contributed by atoms with E-state index in [1.54, 1.807) is 12.1 Å².